The summed E-state index contributed by atoms with van der Waals surface area (Å²) in [5, 5.41) is 8.90. The molecule has 58 valence electrons. The Morgan fingerprint density at radius 2 is 2.30 bits per heavy atom. The fraction of sp³-hybridized carbons (Fsp3) is 0.778. The highest BCUT2D eigenvalue weighted by atomic mass is 16.3. The van der Waals surface area contributed by atoms with Crippen LogP contribution in [-0.2, 0) is 0 Å². The molecular formula is C9H16O. The molecule has 0 radical (unpaired) electrons. The number of hydrogen-bond acceptors (Lipinski definition) is 1. The van der Waals surface area contributed by atoms with Crippen LogP contribution >= 0.6 is 0 Å². The molecule has 0 aromatic carbocycles. The summed E-state index contributed by atoms with van der Waals surface area (Å²) >= 11 is 0. The lowest BCUT2D eigenvalue weighted by Crippen LogP contribution is -2.45. The Labute approximate surface area is 62.8 Å². The van der Waals surface area contributed by atoms with E-state index in [9.17, 15) is 0 Å². The van der Waals surface area contributed by atoms with Crippen molar-refractivity contribution in [1.82, 2.24) is 0 Å². The van der Waals surface area contributed by atoms with Gasteiger partial charge >= 0.3 is 0 Å². The van der Waals surface area contributed by atoms with E-state index in [1.165, 1.54) is 0 Å². The predicted octanol–water partition coefficient (Wildman–Crippen LogP) is 1.83. The second-order valence-corrected chi connectivity index (χ2v) is 3.78. The van der Waals surface area contributed by atoms with Crippen molar-refractivity contribution in [3.63, 3.8) is 0 Å². The summed E-state index contributed by atoms with van der Waals surface area (Å²) < 4.78 is 0. The Morgan fingerprint density at radius 3 is 2.60 bits per heavy atom. The first-order valence-electron chi connectivity index (χ1n) is 3.86. The molecule has 1 N–H and O–H groups in total. The van der Waals surface area contributed by atoms with Crippen LogP contribution in [0.25, 0.3) is 0 Å². The van der Waals surface area contributed by atoms with Crippen LogP contribution in [0.4, 0.5) is 0 Å². The van der Waals surface area contributed by atoms with Gasteiger partial charge in [-0.05, 0) is 23.7 Å². The van der Waals surface area contributed by atoms with Crippen molar-refractivity contribution in [3.05, 3.63) is 12.7 Å². The molecule has 2 atom stereocenters. The van der Waals surface area contributed by atoms with Gasteiger partial charge in [0.1, 0.15) is 0 Å². The quantitative estimate of drug-likeness (QED) is 0.580. The van der Waals surface area contributed by atoms with Gasteiger partial charge < -0.3 is 5.11 Å². The maximum absolute atomic E-state index is 8.90. The molecule has 0 spiro atoms. The lowest BCUT2D eigenvalue weighted by molar-refractivity contribution is -0.0258. The van der Waals surface area contributed by atoms with Gasteiger partial charge in [-0.2, -0.15) is 0 Å². The van der Waals surface area contributed by atoms with E-state index < -0.39 is 0 Å². The van der Waals surface area contributed by atoms with Crippen molar-refractivity contribution in [2.75, 3.05) is 6.61 Å². The minimum Gasteiger partial charge on any atom is -0.396 e. The van der Waals surface area contributed by atoms with Crippen LogP contribution in [-0.4, -0.2) is 11.7 Å². The molecule has 0 heterocycles. The third-order valence-electron chi connectivity index (χ3n) is 3.05. The normalized spacial score (nSPS) is 36.7. The Hall–Kier alpha value is -0.300. The minimum atomic E-state index is 0.288. The van der Waals surface area contributed by atoms with Crippen LogP contribution < -0.4 is 0 Å². The summed E-state index contributed by atoms with van der Waals surface area (Å²) in [6.45, 7) is 8.49. The van der Waals surface area contributed by atoms with Gasteiger partial charge in [-0.3, -0.25) is 0 Å². The number of aliphatic hydroxyl groups is 1. The van der Waals surface area contributed by atoms with Crippen molar-refractivity contribution in [3.8, 4) is 0 Å². The lowest BCUT2D eigenvalue weighted by atomic mass is 9.55. The van der Waals surface area contributed by atoms with E-state index >= 15 is 0 Å². The molecule has 1 aliphatic rings. The fourth-order valence-corrected chi connectivity index (χ4v) is 1.77. The molecule has 0 aliphatic heterocycles. The second kappa shape index (κ2) is 2.39. The zero-order chi connectivity index (χ0) is 7.78. The summed E-state index contributed by atoms with van der Waals surface area (Å²) in [6, 6.07) is 0. The molecule has 0 amide bonds. The number of allylic oxidation sites excluding steroid dienone is 1. The maximum atomic E-state index is 8.90. The van der Waals surface area contributed by atoms with Gasteiger partial charge in [-0.25, -0.2) is 0 Å². The van der Waals surface area contributed by atoms with E-state index in [0.29, 0.717) is 18.4 Å². The summed E-state index contributed by atoms with van der Waals surface area (Å²) in [7, 11) is 0. The van der Waals surface area contributed by atoms with Gasteiger partial charge in [0.05, 0.1) is 0 Å². The second-order valence-electron chi connectivity index (χ2n) is 3.78. The third-order valence-corrected chi connectivity index (χ3v) is 3.05. The Morgan fingerprint density at radius 1 is 1.70 bits per heavy atom. The van der Waals surface area contributed by atoms with E-state index in [1.807, 2.05) is 6.08 Å². The highest BCUT2D eigenvalue weighted by Gasteiger charge is 2.45. The van der Waals surface area contributed by atoms with Gasteiger partial charge in [0.25, 0.3) is 0 Å². The van der Waals surface area contributed by atoms with Crippen LogP contribution in [0.1, 0.15) is 20.3 Å². The van der Waals surface area contributed by atoms with E-state index in [1.54, 1.807) is 0 Å². The van der Waals surface area contributed by atoms with Crippen molar-refractivity contribution >= 4 is 0 Å². The molecule has 1 saturated carbocycles. The van der Waals surface area contributed by atoms with Gasteiger partial charge in [0, 0.05) is 6.61 Å². The molecule has 0 aromatic rings. The molecule has 0 aromatic heterocycles. The highest BCUT2D eigenvalue weighted by molar-refractivity contribution is 5.03. The van der Waals surface area contributed by atoms with Crippen molar-refractivity contribution in [2.24, 2.45) is 17.3 Å². The van der Waals surface area contributed by atoms with Crippen molar-refractivity contribution in [1.29, 1.82) is 0 Å². The van der Waals surface area contributed by atoms with E-state index in [-0.39, 0.29) is 5.41 Å². The molecule has 1 aliphatic carbocycles. The molecule has 1 fully saturated rings. The third kappa shape index (κ3) is 0.891. The van der Waals surface area contributed by atoms with Crippen molar-refractivity contribution < 1.29 is 5.11 Å². The van der Waals surface area contributed by atoms with Crippen LogP contribution in [0.3, 0.4) is 0 Å². The smallest absolute Gasteiger partial charge is 0.0464 e. The van der Waals surface area contributed by atoms with Crippen LogP contribution in [0.2, 0.25) is 0 Å². The Kier molecular flexibility index (Phi) is 1.86. The number of rotatable bonds is 2. The van der Waals surface area contributed by atoms with Crippen LogP contribution in [0.15, 0.2) is 12.7 Å². The van der Waals surface area contributed by atoms with E-state index in [4.69, 9.17) is 5.11 Å². The molecule has 0 unspecified atom stereocenters. The maximum Gasteiger partial charge on any atom is 0.0464 e. The van der Waals surface area contributed by atoms with Gasteiger partial charge in [-0.15, -0.1) is 6.58 Å². The molecule has 0 saturated heterocycles. The zero-order valence-electron chi connectivity index (χ0n) is 6.80. The molecule has 1 heteroatoms. The van der Waals surface area contributed by atoms with Gasteiger partial charge in [-0.1, -0.05) is 19.9 Å². The summed E-state index contributed by atoms with van der Waals surface area (Å²) in [5.74, 6) is 1.11. The fourth-order valence-electron chi connectivity index (χ4n) is 1.77. The first-order valence-corrected chi connectivity index (χ1v) is 3.86. The summed E-state index contributed by atoms with van der Waals surface area (Å²) in [6.07, 6.45) is 3.12. The van der Waals surface area contributed by atoms with E-state index in [0.717, 1.165) is 6.42 Å². The minimum absolute atomic E-state index is 0.288. The van der Waals surface area contributed by atoms with E-state index in [2.05, 4.69) is 20.4 Å². The standard InChI is InChI=1S/C9H16O/c1-4-7-5-8(6-10)9(7,2)3/h4,7-8,10H,1,5-6H2,2-3H3/t7-,8-/m1/s1. The lowest BCUT2D eigenvalue weighted by Gasteiger charge is -2.50. The monoisotopic (exact) mass is 140 g/mol. The molecule has 0 bridgehead atoms. The first-order chi connectivity index (χ1) is 4.62. The van der Waals surface area contributed by atoms with Gasteiger partial charge in [0.15, 0.2) is 0 Å². The van der Waals surface area contributed by atoms with Crippen LogP contribution in [0, 0.1) is 17.3 Å². The highest BCUT2D eigenvalue weighted by Crippen LogP contribution is 2.51. The summed E-state index contributed by atoms with van der Waals surface area (Å²) in [5.41, 5.74) is 0.288. The Bertz CT molecular complexity index is 138. The van der Waals surface area contributed by atoms with Crippen molar-refractivity contribution in [2.45, 2.75) is 20.3 Å². The predicted molar refractivity (Wildman–Crippen MR) is 42.7 cm³/mol. The number of aliphatic hydroxyl groups excluding tert-OH is 1. The topological polar surface area (TPSA) is 20.2 Å². The molecule has 1 nitrogen and oxygen atoms in total. The first kappa shape index (κ1) is 7.80. The average molecular weight is 140 g/mol. The number of hydrogen-bond donors (Lipinski definition) is 1. The molecular weight excluding hydrogens is 124 g/mol. The summed E-state index contributed by atoms with van der Waals surface area (Å²) in [4.78, 5) is 0. The molecule has 1 rings (SSSR count). The Balaban J connectivity index is 2.55. The zero-order valence-corrected chi connectivity index (χ0v) is 6.80. The molecule has 10 heavy (non-hydrogen) atoms. The van der Waals surface area contributed by atoms with Gasteiger partial charge in [0.2, 0.25) is 0 Å². The van der Waals surface area contributed by atoms with Crippen LogP contribution in [0.5, 0.6) is 0 Å². The SMILES string of the molecule is C=C[C@@H]1C[C@H](CO)C1(C)C. The largest absolute Gasteiger partial charge is 0.396 e. The average Bonchev–Trinajstić information content (AvgIpc) is 1.88.